The number of aryl methyl sites for hydroxylation is 1. The molecule has 2 aliphatic carbocycles. The molecule has 0 unspecified atom stereocenters. The number of amides is 2. The van der Waals surface area contributed by atoms with E-state index >= 15 is 0 Å². The second-order valence-corrected chi connectivity index (χ2v) is 5.89. The lowest BCUT2D eigenvalue weighted by Gasteiger charge is -2.13. The summed E-state index contributed by atoms with van der Waals surface area (Å²) in [5.41, 5.74) is 7.31. The van der Waals surface area contributed by atoms with Gasteiger partial charge in [-0.2, -0.15) is 0 Å². The van der Waals surface area contributed by atoms with E-state index in [2.05, 4.69) is 10.6 Å². The number of hydrogen-bond acceptors (Lipinski definition) is 3. The fourth-order valence-corrected chi connectivity index (χ4v) is 2.00. The molecule has 2 aliphatic rings. The van der Waals surface area contributed by atoms with Gasteiger partial charge in [0.1, 0.15) is 0 Å². The maximum atomic E-state index is 12.0. The summed E-state index contributed by atoms with van der Waals surface area (Å²) >= 11 is 0. The van der Waals surface area contributed by atoms with Gasteiger partial charge in [0, 0.05) is 17.3 Å². The number of rotatable bonds is 4. The minimum atomic E-state index is -0.710. The number of nitrogens with one attached hydrogen (secondary N) is 2. The van der Waals surface area contributed by atoms with Crippen molar-refractivity contribution in [2.45, 2.75) is 44.2 Å². The Hall–Kier alpha value is -1.59. The first-order chi connectivity index (χ1) is 9.48. The van der Waals surface area contributed by atoms with Crippen molar-refractivity contribution >= 4 is 29.9 Å². The van der Waals surface area contributed by atoms with E-state index in [1.54, 1.807) is 12.1 Å². The first-order valence-electron chi connectivity index (χ1n) is 7.00. The topological polar surface area (TPSA) is 84.2 Å². The fourth-order valence-electron chi connectivity index (χ4n) is 2.00. The zero-order chi connectivity index (χ0) is 14.3. The molecular weight excluding hydrogens is 290 g/mol. The molecule has 2 fully saturated rings. The van der Waals surface area contributed by atoms with E-state index in [0.717, 1.165) is 31.2 Å². The van der Waals surface area contributed by atoms with Crippen LogP contribution in [0.4, 0.5) is 5.69 Å². The van der Waals surface area contributed by atoms with Gasteiger partial charge in [-0.1, -0.05) is 6.07 Å². The lowest BCUT2D eigenvalue weighted by molar-refractivity contribution is -0.118. The van der Waals surface area contributed by atoms with E-state index in [-0.39, 0.29) is 24.2 Å². The smallest absolute Gasteiger partial charge is 0.251 e. The van der Waals surface area contributed by atoms with Gasteiger partial charge in [-0.05, 0) is 50.3 Å². The van der Waals surface area contributed by atoms with Gasteiger partial charge < -0.3 is 16.4 Å². The van der Waals surface area contributed by atoms with Gasteiger partial charge in [0.15, 0.2) is 0 Å². The zero-order valence-electron chi connectivity index (χ0n) is 11.9. The molecule has 6 heteroatoms. The lowest BCUT2D eigenvalue weighted by atomic mass is 10.1. The summed E-state index contributed by atoms with van der Waals surface area (Å²) in [4.78, 5) is 24.0. The number of benzene rings is 1. The van der Waals surface area contributed by atoms with Crippen LogP contribution in [0.1, 0.15) is 41.6 Å². The molecule has 0 radical (unpaired) electrons. The summed E-state index contributed by atoms with van der Waals surface area (Å²) in [7, 11) is 0. The van der Waals surface area contributed by atoms with Crippen molar-refractivity contribution in [1.82, 2.24) is 5.32 Å². The molecule has 0 aromatic heterocycles. The third-order valence-electron chi connectivity index (χ3n) is 3.90. The molecule has 1 aromatic rings. The molecule has 0 heterocycles. The van der Waals surface area contributed by atoms with Crippen molar-refractivity contribution < 1.29 is 9.59 Å². The van der Waals surface area contributed by atoms with Crippen molar-refractivity contribution in [2.75, 3.05) is 5.32 Å². The monoisotopic (exact) mass is 309 g/mol. The van der Waals surface area contributed by atoms with E-state index in [0.29, 0.717) is 17.3 Å². The number of carbonyl (C=O) groups excluding carboxylic acids is 2. The Kier molecular flexibility index (Phi) is 4.25. The molecule has 0 saturated heterocycles. The molecule has 2 saturated carbocycles. The first-order valence-corrected chi connectivity index (χ1v) is 7.00. The van der Waals surface area contributed by atoms with Crippen molar-refractivity contribution in [3.05, 3.63) is 29.3 Å². The van der Waals surface area contributed by atoms with Crippen molar-refractivity contribution in [3.8, 4) is 0 Å². The van der Waals surface area contributed by atoms with Crippen LogP contribution in [0.15, 0.2) is 18.2 Å². The minimum absolute atomic E-state index is 0. The van der Waals surface area contributed by atoms with E-state index in [1.165, 1.54) is 0 Å². The SMILES string of the molecule is Cc1ccc(C(=O)NC2CC2)cc1NC(=O)C1(N)CC1.Cl. The van der Waals surface area contributed by atoms with Gasteiger partial charge in [0.2, 0.25) is 5.91 Å². The Morgan fingerprint density at radius 3 is 2.52 bits per heavy atom. The minimum Gasteiger partial charge on any atom is -0.349 e. The van der Waals surface area contributed by atoms with Crippen LogP contribution in [0.5, 0.6) is 0 Å². The zero-order valence-corrected chi connectivity index (χ0v) is 12.8. The molecular formula is C15H20ClN3O2. The van der Waals surface area contributed by atoms with Crippen LogP contribution in [0.25, 0.3) is 0 Å². The molecule has 1 aromatic carbocycles. The van der Waals surface area contributed by atoms with Crippen LogP contribution in [0.3, 0.4) is 0 Å². The predicted octanol–water partition coefficient (Wildman–Crippen LogP) is 1.74. The van der Waals surface area contributed by atoms with Gasteiger partial charge in [0.05, 0.1) is 5.54 Å². The highest BCUT2D eigenvalue weighted by atomic mass is 35.5. The Morgan fingerprint density at radius 1 is 1.29 bits per heavy atom. The first kappa shape index (κ1) is 15.8. The highest BCUT2D eigenvalue weighted by Gasteiger charge is 2.46. The Labute approximate surface area is 130 Å². The lowest BCUT2D eigenvalue weighted by Crippen LogP contribution is -2.38. The molecule has 2 amide bonds. The van der Waals surface area contributed by atoms with Gasteiger partial charge >= 0.3 is 0 Å². The highest BCUT2D eigenvalue weighted by molar-refractivity contribution is 6.02. The molecule has 114 valence electrons. The van der Waals surface area contributed by atoms with Crippen LogP contribution in [-0.4, -0.2) is 23.4 Å². The standard InChI is InChI=1S/C15H19N3O2.ClH/c1-9-2-3-10(13(19)17-11-4-5-11)8-12(9)18-14(20)15(16)6-7-15;/h2-3,8,11H,4-7,16H2,1H3,(H,17,19)(H,18,20);1H. The van der Waals surface area contributed by atoms with E-state index < -0.39 is 5.54 Å². The number of carbonyl (C=O) groups is 2. The summed E-state index contributed by atoms with van der Waals surface area (Å²) in [5, 5.41) is 5.77. The summed E-state index contributed by atoms with van der Waals surface area (Å²) in [6.45, 7) is 1.90. The maximum Gasteiger partial charge on any atom is 0.251 e. The summed E-state index contributed by atoms with van der Waals surface area (Å²) in [5.74, 6) is -0.253. The van der Waals surface area contributed by atoms with Gasteiger partial charge in [0.25, 0.3) is 5.91 Å². The number of nitrogens with two attached hydrogens (primary N) is 1. The normalized spacial score (nSPS) is 18.4. The average Bonchev–Trinajstić information content (AvgIpc) is 3.31. The van der Waals surface area contributed by atoms with Gasteiger partial charge in [-0.25, -0.2) is 0 Å². The van der Waals surface area contributed by atoms with Crippen molar-refractivity contribution in [2.24, 2.45) is 5.73 Å². The third-order valence-corrected chi connectivity index (χ3v) is 3.90. The third kappa shape index (κ3) is 3.54. The largest absolute Gasteiger partial charge is 0.349 e. The maximum absolute atomic E-state index is 12.0. The summed E-state index contributed by atoms with van der Waals surface area (Å²) in [6, 6.07) is 5.66. The van der Waals surface area contributed by atoms with Crippen molar-refractivity contribution in [3.63, 3.8) is 0 Å². The highest BCUT2D eigenvalue weighted by Crippen LogP contribution is 2.33. The summed E-state index contributed by atoms with van der Waals surface area (Å²) < 4.78 is 0. The van der Waals surface area contributed by atoms with E-state index in [1.807, 2.05) is 13.0 Å². The van der Waals surface area contributed by atoms with Crippen molar-refractivity contribution in [1.29, 1.82) is 0 Å². The molecule has 21 heavy (non-hydrogen) atoms. The Bertz CT molecular complexity index is 580. The van der Waals surface area contributed by atoms with Crippen LogP contribution in [0.2, 0.25) is 0 Å². The summed E-state index contributed by atoms with van der Waals surface area (Å²) in [6.07, 6.45) is 3.55. The molecule has 0 spiro atoms. The van der Waals surface area contributed by atoms with Crippen LogP contribution >= 0.6 is 12.4 Å². The van der Waals surface area contributed by atoms with Gasteiger partial charge in [-0.15, -0.1) is 12.4 Å². The Balaban J connectivity index is 0.00000161. The van der Waals surface area contributed by atoms with E-state index in [9.17, 15) is 9.59 Å². The Morgan fingerprint density at radius 2 is 1.95 bits per heavy atom. The van der Waals surface area contributed by atoms with Crippen LogP contribution < -0.4 is 16.4 Å². The number of anilines is 1. The predicted molar refractivity (Wildman–Crippen MR) is 83.7 cm³/mol. The molecule has 0 atom stereocenters. The van der Waals surface area contributed by atoms with E-state index in [4.69, 9.17) is 5.73 Å². The second kappa shape index (κ2) is 5.66. The number of halogens is 1. The second-order valence-electron chi connectivity index (χ2n) is 5.89. The molecule has 5 nitrogen and oxygen atoms in total. The molecule has 4 N–H and O–H groups in total. The quantitative estimate of drug-likeness (QED) is 0.792. The van der Waals surface area contributed by atoms with Crippen LogP contribution in [-0.2, 0) is 4.79 Å². The van der Waals surface area contributed by atoms with Gasteiger partial charge in [-0.3, -0.25) is 9.59 Å². The molecule has 0 aliphatic heterocycles. The molecule has 0 bridgehead atoms. The molecule has 3 rings (SSSR count). The average molecular weight is 310 g/mol. The number of hydrogen-bond donors (Lipinski definition) is 3. The van der Waals surface area contributed by atoms with Crippen LogP contribution in [0, 0.1) is 6.92 Å². The fraction of sp³-hybridized carbons (Fsp3) is 0.467.